The second-order valence-corrected chi connectivity index (χ2v) is 8.05. The van der Waals surface area contributed by atoms with Crippen LogP contribution in [-0.4, -0.2) is 38.3 Å². The molecule has 0 N–H and O–H groups in total. The van der Waals surface area contributed by atoms with Gasteiger partial charge in [-0.05, 0) is 59.2 Å². The monoisotopic (exact) mass is 377 g/mol. The minimum atomic E-state index is -0.300. The van der Waals surface area contributed by atoms with Gasteiger partial charge in [0, 0.05) is 12.1 Å². The van der Waals surface area contributed by atoms with Gasteiger partial charge in [-0.1, -0.05) is 23.9 Å². The van der Waals surface area contributed by atoms with Crippen molar-refractivity contribution < 1.29 is 13.9 Å². The highest BCUT2D eigenvalue weighted by Crippen LogP contribution is 2.25. The van der Waals surface area contributed by atoms with Crippen LogP contribution in [0.15, 0.2) is 33.9 Å². The Morgan fingerprint density at radius 3 is 2.50 bits per heavy atom. The second-order valence-electron chi connectivity index (χ2n) is 6.76. The second kappa shape index (κ2) is 9.07. The molecule has 26 heavy (non-hydrogen) atoms. The molecule has 0 spiro atoms. The predicted octanol–water partition coefficient (Wildman–Crippen LogP) is 4.08. The van der Waals surface area contributed by atoms with Crippen LogP contribution in [0.3, 0.4) is 0 Å². The first-order valence-electron chi connectivity index (χ1n) is 8.78. The minimum absolute atomic E-state index is 0.0655. The van der Waals surface area contributed by atoms with Crippen LogP contribution in [0, 0.1) is 6.92 Å². The van der Waals surface area contributed by atoms with E-state index in [-0.39, 0.29) is 29.8 Å². The van der Waals surface area contributed by atoms with Crippen molar-refractivity contribution in [2.24, 2.45) is 0 Å². The predicted molar refractivity (Wildman–Crippen MR) is 102 cm³/mol. The van der Waals surface area contributed by atoms with E-state index < -0.39 is 0 Å². The summed E-state index contributed by atoms with van der Waals surface area (Å²) in [4.78, 5) is 14.5. The zero-order chi connectivity index (χ0) is 19.3. The molecule has 1 amide bonds. The molecule has 0 saturated heterocycles. The number of ether oxygens (including phenoxy) is 1. The van der Waals surface area contributed by atoms with Crippen LogP contribution in [0.2, 0.25) is 0 Å². The molecule has 0 aliphatic heterocycles. The highest BCUT2D eigenvalue weighted by atomic mass is 32.2. The van der Waals surface area contributed by atoms with Gasteiger partial charge in [-0.15, -0.1) is 10.2 Å². The van der Waals surface area contributed by atoms with Crippen LogP contribution in [0.4, 0.5) is 0 Å². The van der Waals surface area contributed by atoms with Gasteiger partial charge in [0.2, 0.25) is 5.91 Å². The number of hydrogen-bond donors (Lipinski definition) is 0. The van der Waals surface area contributed by atoms with Gasteiger partial charge in [-0.3, -0.25) is 4.79 Å². The zero-order valence-corrected chi connectivity index (χ0v) is 17.0. The average Bonchev–Trinajstić information content (AvgIpc) is 2.99. The maximum atomic E-state index is 12.7. The molecule has 0 radical (unpaired) electrons. The van der Waals surface area contributed by atoms with Gasteiger partial charge in [-0.2, -0.15) is 0 Å². The molecule has 2 aromatic rings. The third kappa shape index (κ3) is 5.49. The Morgan fingerprint density at radius 2 is 1.88 bits per heavy atom. The van der Waals surface area contributed by atoms with Gasteiger partial charge < -0.3 is 14.1 Å². The third-order valence-corrected chi connectivity index (χ3v) is 4.71. The Bertz CT molecular complexity index is 722. The van der Waals surface area contributed by atoms with E-state index in [0.29, 0.717) is 11.1 Å². The molecule has 0 fully saturated rings. The van der Waals surface area contributed by atoms with E-state index in [0.717, 1.165) is 11.3 Å². The number of carbonyl (C=O) groups excluding carboxylic acids is 1. The summed E-state index contributed by atoms with van der Waals surface area (Å²) < 4.78 is 11.3. The lowest BCUT2D eigenvalue weighted by atomic mass is 10.2. The molecule has 0 bridgehead atoms. The molecular weight excluding hydrogens is 350 g/mol. The molecule has 1 atom stereocenters. The van der Waals surface area contributed by atoms with E-state index in [9.17, 15) is 4.79 Å². The summed E-state index contributed by atoms with van der Waals surface area (Å²) in [7, 11) is 0. The number of hydrogen-bond acceptors (Lipinski definition) is 6. The van der Waals surface area contributed by atoms with Crippen molar-refractivity contribution in [1.82, 2.24) is 15.1 Å². The molecule has 0 aliphatic rings. The standard InChI is InChI=1S/C19H27N3O3S/c1-12(2)22(13(3)4)18(23)15(6)26-19-21-20-17(25-19)11-24-16-9-7-8-14(5)10-16/h7-10,12-13,15H,11H2,1-6H3. The van der Waals surface area contributed by atoms with Crippen molar-refractivity contribution >= 4 is 17.7 Å². The van der Waals surface area contributed by atoms with Crippen LogP contribution in [0.1, 0.15) is 46.1 Å². The van der Waals surface area contributed by atoms with Gasteiger partial charge in [0.15, 0.2) is 6.61 Å². The lowest BCUT2D eigenvalue weighted by Gasteiger charge is -2.32. The minimum Gasteiger partial charge on any atom is -0.484 e. The van der Waals surface area contributed by atoms with Gasteiger partial charge in [0.05, 0.1) is 5.25 Å². The van der Waals surface area contributed by atoms with E-state index in [1.54, 1.807) is 0 Å². The smallest absolute Gasteiger partial charge is 0.277 e. The molecule has 1 heterocycles. The Kier molecular flexibility index (Phi) is 7.08. The summed E-state index contributed by atoms with van der Waals surface area (Å²) in [6.07, 6.45) is 0. The Morgan fingerprint density at radius 1 is 1.19 bits per heavy atom. The fraction of sp³-hybridized carbons (Fsp3) is 0.526. The maximum absolute atomic E-state index is 12.7. The summed E-state index contributed by atoms with van der Waals surface area (Å²) in [6.45, 7) is 12.1. The van der Waals surface area contributed by atoms with E-state index in [1.807, 2.05) is 70.7 Å². The highest BCUT2D eigenvalue weighted by molar-refractivity contribution is 8.00. The lowest BCUT2D eigenvalue weighted by Crippen LogP contribution is -2.45. The van der Waals surface area contributed by atoms with Crippen molar-refractivity contribution in [1.29, 1.82) is 0 Å². The van der Waals surface area contributed by atoms with Gasteiger partial charge in [-0.25, -0.2) is 0 Å². The number of carbonyl (C=O) groups is 1. The quantitative estimate of drug-likeness (QED) is 0.646. The summed E-state index contributed by atoms with van der Waals surface area (Å²) >= 11 is 1.27. The van der Waals surface area contributed by atoms with Crippen LogP contribution < -0.4 is 4.74 Å². The summed E-state index contributed by atoms with van der Waals surface area (Å²) in [5, 5.41) is 8.08. The number of thioether (sulfide) groups is 1. The van der Waals surface area contributed by atoms with Crippen LogP contribution in [-0.2, 0) is 11.4 Å². The molecule has 142 valence electrons. The number of aryl methyl sites for hydroxylation is 1. The zero-order valence-electron chi connectivity index (χ0n) is 16.2. The van der Waals surface area contributed by atoms with Crippen molar-refractivity contribution in [3.8, 4) is 5.75 Å². The maximum Gasteiger partial charge on any atom is 0.277 e. The third-order valence-electron chi connectivity index (χ3n) is 3.79. The molecule has 1 aromatic heterocycles. The molecule has 1 aromatic carbocycles. The Hall–Kier alpha value is -2.02. The molecule has 6 nitrogen and oxygen atoms in total. The summed E-state index contributed by atoms with van der Waals surface area (Å²) in [5.41, 5.74) is 1.12. The largest absolute Gasteiger partial charge is 0.484 e. The molecule has 2 rings (SSSR count). The molecule has 0 aliphatic carbocycles. The number of aromatic nitrogens is 2. The molecule has 1 unspecified atom stereocenters. The SMILES string of the molecule is Cc1cccc(OCc2nnc(SC(C)C(=O)N(C(C)C)C(C)C)o2)c1. The Labute approximate surface area is 159 Å². The van der Waals surface area contributed by atoms with Gasteiger partial charge in [0.25, 0.3) is 11.1 Å². The van der Waals surface area contributed by atoms with Gasteiger partial charge >= 0.3 is 0 Å². The van der Waals surface area contributed by atoms with Crippen molar-refractivity contribution in [3.05, 3.63) is 35.7 Å². The first kappa shape index (κ1) is 20.3. The average molecular weight is 378 g/mol. The number of benzene rings is 1. The number of amides is 1. The van der Waals surface area contributed by atoms with E-state index in [2.05, 4.69) is 10.2 Å². The van der Waals surface area contributed by atoms with Crippen molar-refractivity contribution in [3.63, 3.8) is 0 Å². The normalized spacial score (nSPS) is 12.5. The van der Waals surface area contributed by atoms with Crippen molar-refractivity contribution in [2.45, 2.75) is 70.7 Å². The van der Waals surface area contributed by atoms with Crippen LogP contribution in [0.5, 0.6) is 5.75 Å². The number of rotatable bonds is 8. The fourth-order valence-electron chi connectivity index (χ4n) is 2.71. The van der Waals surface area contributed by atoms with E-state index in [1.165, 1.54) is 11.8 Å². The van der Waals surface area contributed by atoms with Crippen LogP contribution >= 0.6 is 11.8 Å². The topological polar surface area (TPSA) is 68.5 Å². The van der Waals surface area contributed by atoms with E-state index >= 15 is 0 Å². The summed E-state index contributed by atoms with van der Waals surface area (Å²) in [6, 6.07) is 8.05. The highest BCUT2D eigenvalue weighted by Gasteiger charge is 2.27. The molecule has 0 saturated carbocycles. The van der Waals surface area contributed by atoms with Gasteiger partial charge in [0.1, 0.15) is 5.75 Å². The van der Waals surface area contributed by atoms with E-state index in [4.69, 9.17) is 9.15 Å². The first-order valence-corrected chi connectivity index (χ1v) is 9.66. The van der Waals surface area contributed by atoms with Crippen LogP contribution in [0.25, 0.3) is 0 Å². The number of nitrogens with zero attached hydrogens (tertiary/aromatic N) is 3. The molecule has 7 heteroatoms. The lowest BCUT2D eigenvalue weighted by molar-refractivity contribution is -0.133. The Balaban J connectivity index is 1.93. The molecular formula is C19H27N3O3S. The first-order chi connectivity index (χ1) is 12.3. The van der Waals surface area contributed by atoms with Crippen molar-refractivity contribution in [2.75, 3.05) is 0 Å². The fourth-order valence-corrected chi connectivity index (χ4v) is 3.47. The summed E-state index contributed by atoms with van der Waals surface area (Å²) in [5.74, 6) is 1.21.